The molecule has 0 aromatic heterocycles. The number of amides is 1. The van der Waals surface area contributed by atoms with Crippen LogP contribution >= 0.6 is 0 Å². The van der Waals surface area contributed by atoms with Gasteiger partial charge < -0.3 is 44.1 Å². The van der Waals surface area contributed by atoms with Gasteiger partial charge in [0.15, 0.2) is 17.6 Å². The van der Waals surface area contributed by atoms with Gasteiger partial charge in [-0.05, 0) is 85.7 Å². The van der Waals surface area contributed by atoms with E-state index >= 15 is 0 Å². The molecule has 6 atom stereocenters. The summed E-state index contributed by atoms with van der Waals surface area (Å²) >= 11 is 0. The summed E-state index contributed by atoms with van der Waals surface area (Å²) in [4.78, 5) is 55.8. The van der Waals surface area contributed by atoms with Gasteiger partial charge in [-0.15, -0.1) is 0 Å². The molecule has 2 bridgehead atoms. The second-order valence-corrected chi connectivity index (χ2v) is 15.7. The number of piperidine rings is 1. The Kier molecular flexibility index (Phi) is 9.12. The van der Waals surface area contributed by atoms with E-state index in [1.165, 1.54) is 0 Å². The van der Waals surface area contributed by atoms with Crippen LogP contribution in [0.5, 0.6) is 11.5 Å². The van der Waals surface area contributed by atoms with Crippen LogP contribution in [0.4, 0.5) is 4.79 Å². The first-order chi connectivity index (χ1) is 23.8. The number of likely N-dealkylation sites (tertiary alicyclic amines) is 1. The van der Waals surface area contributed by atoms with Crippen LogP contribution in [0, 0.1) is 0 Å². The van der Waals surface area contributed by atoms with Crippen molar-refractivity contribution >= 4 is 24.0 Å². The molecule has 2 aliphatic heterocycles. The van der Waals surface area contributed by atoms with Crippen molar-refractivity contribution in [3.63, 3.8) is 0 Å². The van der Waals surface area contributed by atoms with Crippen molar-refractivity contribution in [1.82, 2.24) is 10.2 Å². The highest BCUT2D eigenvalue weighted by Crippen LogP contribution is 2.65. The third-order valence-electron chi connectivity index (χ3n) is 9.91. The Morgan fingerprint density at radius 3 is 2.37 bits per heavy atom. The van der Waals surface area contributed by atoms with Gasteiger partial charge in [0.25, 0.3) is 5.91 Å². The van der Waals surface area contributed by atoms with Crippen molar-refractivity contribution in [3.05, 3.63) is 71.0 Å². The minimum atomic E-state index is -1.54. The van der Waals surface area contributed by atoms with Gasteiger partial charge in [-0.3, -0.25) is 9.59 Å². The van der Waals surface area contributed by atoms with Crippen molar-refractivity contribution < 1.29 is 53.1 Å². The number of nitrogens with zero attached hydrogens (tertiary/aromatic N) is 1. The number of hydrogen-bond donors (Lipinski definition) is 3. The van der Waals surface area contributed by atoms with Gasteiger partial charge in [-0.25, -0.2) is 9.59 Å². The predicted molar refractivity (Wildman–Crippen MR) is 182 cm³/mol. The first-order valence-electron chi connectivity index (χ1n) is 17.2. The normalized spacial score (nSPS) is 26.0. The number of nitrogens with one attached hydrogen (secondary N) is 1. The van der Waals surface area contributed by atoms with Gasteiger partial charge >= 0.3 is 18.1 Å². The Balaban J connectivity index is 1.26. The fourth-order valence-electron chi connectivity index (χ4n) is 7.86. The van der Waals surface area contributed by atoms with Gasteiger partial charge in [0.05, 0.1) is 17.4 Å². The molecule has 51 heavy (non-hydrogen) atoms. The SMILES string of the molecule is CN1CC[C@]23c4c5ccc(O)c4O[C@H]2C(OC(=O)C[C@H](NC(=O)[C@@H](OC(=O)OC(C)(C)C)c2ccccc2)C(=O)OC(C)(C)C)=CC[C@@]3(O)[C@@H]1C5. The highest BCUT2D eigenvalue weighted by atomic mass is 16.7. The summed E-state index contributed by atoms with van der Waals surface area (Å²) in [6.07, 6.45) is -1.38. The summed E-state index contributed by atoms with van der Waals surface area (Å²) in [5, 5.41) is 25.7. The first kappa shape index (κ1) is 36.2. The molecular formula is C38H46N2O11. The van der Waals surface area contributed by atoms with Gasteiger partial charge in [0.1, 0.15) is 23.0 Å². The Morgan fingerprint density at radius 2 is 1.71 bits per heavy atom. The predicted octanol–water partition coefficient (Wildman–Crippen LogP) is 4.12. The fourth-order valence-corrected chi connectivity index (χ4v) is 7.86. The van der Waals surface area contributed by atoms with Gasteiger partial charge in [0, 0.05) is 23.6 Å². The Hall–Kier alpha value is -4.62. The van der Waals surface area contributed by atoms with E-state index in [4.69, 9.17) is 23.7 Å². The average molecular weight is 707 g/mol. The molecule has 4 aliphatic rings. The van der Waals surface area contributed by atoms with E-state index in [-0.39, 0.29) is 29.7 Å². The standard InChI is InChI=1S/C38H46N2O11/c1-35(2,3)50-33(44)23(39-32(43)29(21-11-9-8-10-12-21)49-34(45)51-36(4,5)6)20-27(42)47-25-15-16-38(46)26-19-22-13-14-24(41)30-28(22)37(38,31(25)48-30)17-18-40(26)7/h8-15,23,26,29,31,41,46H,16-20H2,1-7H3,(H,39,43)/t23-,26-,29-,31-,37-,38+/m0/s1. The number of benzene rings is 2. The lowest BCUT2D eigenvalue weighted by Gasteiger charge is -2.61. The lowest BCUT2D eigenvalue weighted by Crippen LogP contribution is -2.74. The molecule has 13 heteroatoms. The Morgan fingerprint density at radius 1 is 1.02 bits per heavy atom. The minimum Gasteiger partial charge on any atom is -0.504 e. The zero-order valence-corrected chi connectivity index (χ0v) is 30.0. The van der Waals surface area contributed by atoms with Gasteiger partial charge in [-0.1, -0.05) is 36.4 Å². The molecule has 3 N–H and O–H groups in total. The molecule has 13 nitrogen and oxygen atoms in total. The molecule has 2 aromatic rings. The summed E-state index contributed by atoms with van der Waals surface area (Å²) in [6, 6.07) is 9.81. The molecule has 1 spiro atoms. The number of carbonyl (C=O) groups is 4. The number of rotatable bonds is 8. The van der Waals surface area contributed by atoms with E-state index in [1.54, 1.807) is 84.0 Å². The number of esters is 2. The van der Waals surface area contributed by atoms with Crippen LogP contribution in [0.25, 0.3) is 0 Å². The number of phenols is 1. The second-order valence-electron chi connectivity index (χ2n) is 15.7. The molecule has 2 heterocycles. The quantitative estimate of drug-likeness (QED) is 0.266. The van der Waals surface area contributed by atoms with Crippen molar-refractivity contribution in [2.24, 2.45) is 0 Å². The van der Waals surface area contributed by atoms with E-state index in [0.717, 1.165) is 11.1 Å². The summed E-state index contributed by atoms with van der Waals surface area (Å²) < 4.78 is 28.6. The van der Waals surface area contributed by atoms with Crippen LogP contribution in [-0.2, 0) is 45.2 Å². The third kappa shape index (κ3) is 6.64. The lowest BCUT2D eigenvalue weighted by molar-refractivity contribution is -0.170. The van der Waals surface area contributed by atoms with Crippen molar-refractivity contribution in [2.75, 3.05) is 13.6 Å². The molecule has 0 unspecified atom stereocenters. The van der Waals surface area contributed by atoms with Crippen molar-refractivity contribution in [2.45, 2.75) is 114 Å². The first-order valence-corrected chi connectivity index (χ1v) is 17.2. The third-order valence-corrected chi connectivity index (χ3v) is 9.91. The number of carbonyl (C=O) groups excluding carboxylic acids is 4. The van der Waals surface area contributed by atoms with Crippen molar-refractivity contribution in [1.29, 1.82) is 0 Å². The molecule has 1 fully saturated rings. The fraction of sp³-hybridized carbons (Fsp3) is 0.526. The Bertz CT molecular complexity index is 1760. The molecule has 2 aliphatic carbocycles. The number of phenolic OH excluding ortho intramolecular Hbond substituents is 1. The summed E-state index contributed by atoms with van der Waals surface area (Å²) in [5.41, 5.74) is -2.14. The zero-order chi connectivity index (χ0) is 37.1. The molecule has 0 radical (unpaired) electrons. The Labute approximate surface area is 296 Å². The topological polar surface area (TPSA) is 170 Å². The van der Waals surface area contributed by atoms with E-state index in [0.29, 0.717) is 24.9 Å². The maximum absolute atomic E-state index is 13.8. The summed E-state index contributed by atoms with van der Waals surface area (Å²) in [7, 11) is 1.97. The number of likely N-dealkylation sites (N-methyl/N-ethyl adjacent to an activating group) is 1. The van der Waals surface area contributed by atoms with Crippen LogP contribution in [-0.4, -0.2) is 87.7 Å². The summed E-state index contributed by atoms with van der Waals surface area (Å²) in [5.74, 6) is -2.36. The highest BCUT2D eigenvalue weighted by molar-refractivity contribution is 5.91. The monoisotopic (exact) mass is 706 g/mol. The van der Waals surface area contributed by atoms with Crippen LogP contribution < -0.4 is 10.1 Å². The zero-order valence-electron chi connectivity index (χ0n) is 30.0. The van der Waals surface area contributed by atoms with Crippen LogP contribution in [0.1, 0.15) is 83.6 Å². The minimum absolute atomic E-state index is 0.0720. The molecule has 6 rings (SSSR count). The summed E-state index contributed by atoms with van der Waals surface area (Å²) in [6.45, 7) is 10.5. The van der Waals surface area contributed by atoms with E-state index in [1.807, 2.05) is 13.1 Å². The average Bonchev–Trinajstić information content (AvgIpc) is 3.39. The number of hydrogen-bond acceptors (Lipinski definition) is 12. The van der Waals surface area contributed by atoms with Crippen LogP contribution in [0.15, 0.2) is 54.3 Å². The van der Waals surface area contributed by atoms with Gasteiger partial charge in [0.2, 0.25) is 6.10 Å². The van der Waals surface area contributed by atoms with Crippen molar-refractivity contribution in [3.8, 4) is 11.5 Å². The van der Waals surface area contributed by atoms with Gasteiger partial charge in [-0.2, -0.15) is 0 Å². The molecule has 0 saturated carbocycles. The maximum Gasteiger partial charge on any atom is 0.509 e. The number of aromatic hydroxyl groups is 1. The van der Waals surface area contributed by atoms with Crippen LogP contribution in [0.3, 0.4) is 0 Å². The highest BCUT2D eigenvalue weighted by Gasteiger charge is 2.72. The number of aliphatic hydroxyl groups is 1. The van der Waals surface area contributed by atoms with Crippen LogP contribution in [0.2, 0.25) is 0 Å². The van der Waals surface area contributed by atoms with E-state index in [9.17, 15) is 29.4 Å². The lowest BCUT2D eigenvalue weighted by atomic mass is 9.50. The molecule has 2 aromatic carbocycles. The van der Waals surface area contributed by atoms with E-state index in [2.05, 4.69) is 10.2 Å². The molecule has 1 saturated heterocycles. The largest absolute Gasteiger partial charge is 0.509 e. The van der Waals surface area contributed by atoms with E-state index < -0.39 is 70.9 Å². The second kappa shape index (κ2) is 12.9. The molecular weight excluding hydrogens is 660 g/mol. The molecule has 1 amide bonds. The smallest absolute Gasteiger partial charge is 0.504 e. The number of ether oxygens (including phenoxy) is 5. The maximum atomic E-state index is 13.8. The molecule has 274 valence electrons.